The van der Waals surface area contributed by atoms with Gasteiger partial charge < -0.3 is 14.6 Å². The number of aliphatic hydroxyl groups is 1. The van der Waals surface area contributed by atoms with Crippen molar-refractivity contribution < 1.29 is 14.6 Å². The molecule has 3 aromatic carbocycles. The first-order valence-corrected chi connectivity index (χ1v) is 8.83. The van der Waals surface area contributed by atoms with E-state index >= 15 is 0 Å². The lowest BCUT2D eigenvalue weighted by atomic mass is 9.80. The summed E-state index contributed by atoms with van der Waals surface area (Å²) in [7, 11) is 0. The van der Waals surface area contributed by atoms with E-state index in [9.17, 15) is 5.11 Å². The Morgan fingerprint density at radius 2 is 1.08 bits per heavy atom. The first-order chi connectivity index (χ1) is 12.7. The van der Waals surface area contributed by atoms with Crippen LogP contribution in [0.3, 0.4) is 0 Å². The summed E-state index contributed by atoms with van der Waals surface area (Å²) in [4.78, 5) is 0. The van der Waals surface area contributed by atoms with Crippen LogP contribution in [0.1, 0.15) is 23.6 Å². The van der Waals surface area contributed by atoms with Gasteiger partial charge in [-0.2, -0.15) is 0 Å². The molecule has 0 saturated heterocycles. The molecule has 0 heterocycles. The van der Waals surface area contributed by atoms with Gasteiger partial charge in [0, 0.05) is 0 Å². The number of hydrogen-bond donors (Lipinski definition) is 1. The highest BCUT2D eigenvalue weighted by atomic mass is 16.6. The molecule has 0 spiro atoms. The molecule has 26 heavy (non-hydrogen) atoms. The molecular formula is C23H24O3. The van der Waals surface area contributed by atoms with Crippen LogP contribution >= 0.6 is 0 Å². The fraction of sp³-hybridized carbons (Fsp3) is 0.217. The second-order valence-corrected chi connectivity index (χ2v) is 6.10. The second kappa shape index (κ2) is 8.77. The van der Waals surface area contributed by atoms with E-state index in [1.54, 1.807) is 6.92 Å². The van der Waals surface area contributed by atoms with Gasteiger partial charge in [0.2, 0.25) is 0 Å². The van der Waals surface area contributed by atoms with Gasteiger partial charge in [-0.1, -0.05) is 91.0 Å². The molecule has 0 aromatic heterocycles. The second-order valence-electron chi connectivity index (χ2n) is 6.10. The van der Waals surface area contributed by atoms with Gasteiger partial charge in [-0.25, -0.2) is 0 Å². The van der Waals surface area contributed by atoms with Crippen molar-refractivity contribution in [1.82, 2.24) is 0 Å². The summed E-state index contributed by atoms with van der Waals surface area (Å²) in [6.07, 6.45) is -0.807. The first-order valence-electron chi connectivity index (χ1n) is 8.83. The first kappa shape index (κ1) is 18.3. The molecule has 1 N–H and O–H groups in total. The van der Waals surface area contributed by atoms with Crippen LogP contribution in [0.15, 0.2) is 91.0 Å². The topological polar surface area (TPSA) is 38.7 Å². The predicted molar refractivity (Wildman–Crippen MR) is 103 cm³/mol. The van der Waals surface area contributed by atoms with Crippen LogP contribution in [0.4, 0.5) is 0 Å². The minimum atomic E-state index is -0.807. The summed E-state index contributed by atoms with van der Waals surface area (Å²) in [5, 5.41) is 9.36. The summed E-state index contributed by atoms with van der Waals surface area (Å²) in [5.74, 6) is 0. The number of ether oxygens (including phenoxy) is 2. The highest BCUT2D eigenvalue weighted by Crippen LogP contribution is 2.40. The highest BCUT2D eigenvalue weighted by molar-refractivity contribution is 5.47. The quantitative estimate of drug-likeness (QED) is 0.374. The van der Waals surface area contributed by atoms with Gasteiger partial charge in [-0.15, -0.1) is 0 Å². The van der Waals surface area contributed by atoms with Crippen molar-refractivity contribution >= 4 is 0 Å². The van der Waals surface area contributed by atoms with Crippen molar-refractivity contribution in [3.05, 3.63) is 108 Å². The Morgan fingerprint density at radius 1 is 0.692 bits per heavy atom. The van der Waals surface area contributed by atoms with E-state index in [-0.39, 0.29) is 0 Å². The van der Waals surface area contributed by atoms with Gasteiger partial charge in [0.05, 0.1) is 13.2 Å². The zero-order valence-electron chi connectivity index (χ0n) is 14.9. The van der Waals surface area contributed by atoms with Crippen LogP contribution in [0, 0.1) is 0 Å². The molecule has 3 aromatic rings. The molecule has 3 nitrogen and oxygen atoms in total. The molecule has 0 fully saturated rings. The summed E-state index contributed by atoms with van der Waals surface area (Å²) in [6.45, 7) is 2.26. The number of aliphatic hydroxyl groups excluding tert-OH is 1. The molecule has 0 aliphatic rings. The maximum absolute atomic E-state index is 9.36. The average Bonchev–Trinajstić information content (AvgIpc) is 2.70. The summed E-state index contributed by atoms with van der Waals surface area (Å²) in [5.41, 5.74) is 2.41. The molecular weight excluding hydrogens is 324 g/mol. The van der Waals surface area contributed by atoms with Crippen LogP contribution in [-0.2, 0) is 15.1 Å². The van der Waals surface area contributed by atoms with Crippen LogP contribution in [-0.4, -0.2) is 24.6 Å². The van der Waals surface area contributed by atoms with Gasteiger partial charge in [0.15, 0.2) is 6.29 Å². The number of rotatable bonds is 8. The smallest absolute Gasteiger partial charge is 0.151 e. The Hall–Kier alpha value is -2.46. The molecule has 1 atom stereocenters. The van der Waals surface area contributed by atoms with E-state index in [1.165, 1.54) is 0 Å². The third-order valence-electron chi connectivity index (χ3n) is 4.30. The lowest BCUT2D eigenvalue weighted by Gasteiger charge is -2.36. The van der Waals surface area contributed by atoms with E-state index in [1.807, 2.05) is 54.6 Å². The fourth-order valence-corrected chi connectivity index (χ4v) is 3.18. The maximum atomic E-state index is 9.36. The number of hydrogen-bond acceptors (Lipinski definition) is 3. The molecule has 0 aliphatic heterocycles. The summed E-state index contributed by atoms with van der Waals surface area (Å²) < 4.78 is 11.8. The molecule has 0 radical (unpaired) electrons. The van der Waals surface area contributed by atoms with Gasteiger partial charge in [0.1, 0.15) is 5.60 Å². The van der Waals surface area contributed by atoms with Crippen molar-refractivity contribution in [1.29, 1.82) is 0 Å². The van der Waals surface area contributed by atoms with Crippen molar-refractivity contribution in [3.63, 3.8) is 0 Å². The highest BCUT2D eigenvalue weighted by Gasteiger charge is 2.37. The maximum Gasteiger partial charge on any atom is 0.151 e. The van der Waals surface area contributed by atoms with Gasteiger partial charge >= 0.3 is 0 Å². The van der Waals surface area contributed by atoms with E-state index in [0.29, 0.717) is 13.2 Å². The third-order valence-corrected chi connectivity index (χ3v) is 4.30. The number of benzene rings is 3. The van der Waals surface area contributed by atoms with Crippen LogP contribution < -0.4 is 0 Å². The van der Waals surface area contributed by atoms with Crippen LogP contribution in [0.25, 0.3) is 0 Å². The fourth-order valence-electron chi connectivity index (χ4n) is 3.18. The molecule has 134 valence electrons. The Morgan fingerprint density at radius 3 is 1.42 bits per heavy atom. The normalized spacial score (nSPS) is 12.7. The Balaban J connectivity index is 2.09. The summed E-state index contributed by atoms with van der Waals surface area (Å²) in [6, 6.07) is 30.6. The van der Waals surface area contributed by atoms with Crippen molar-refractivity contribution in [2.45, 2.75) is 18.8 Å². The zero-order chi connectivity index (χ0) is 18.2. The molecule has 0 aliphatic carbocycles. The zero-order valence-corrected chi connectivity index (χ0v) is 14.9. The van der Waals surface area contributed by atoms with Crippen molar-refractivity contribution in [2.24, 2.45) is 0 Å². The SMILES string of the molecule is CC(O)OCCOC(c1ccccc1)(c1ccccc1)c1ccccc1. The molecule has 1 unspecified atom stereocenters. The van der Waals surface area contributed by atoms with E-state index in [2.05, 4.69) is 36.4 Å². The molecule has 0 bridgehead atoms. The Bertz CT molecular complexity index is 674. The van der Waals surface area contributed by atoms with Crippen molar-refractivity contribution in [2.75, 3.05) is 13.2 Å². The Labute approximate surface area is 154 Å². The van der Waals surface area contributed by atoms with Gasteiger partial charge in [-0.05, 0) is 23.6 Å². The van der Waals surface area contributed by atoms with Crippen LogP contribution in [0.5, 0.6) is 0 Å². The van der Waals surface area contributed by atoms with Gasteiger partial charge in [0.25, 0.3) is 0 Å². The predicted octanol–water partition coefficient (Wildman–Crippen LogP) is 4.35. The minimum absolute atomic E-state index is 0.311. The molecule has 3 rings (SSSR count). The van der Waals surface area contributed by atoms with Gasteiger partial charge in [-0.3, -0.25) is 0 Å². The lowest BCUT2D eigenvalue weighted by Crippen LogP contribution is -2.34. The standard InChI is InChI=1S/C23H24O3/c1-19(24)25-17-18-26-23(20-11-5-2-6-12-20,21-13-7-3-8-14-21)22-15-9-4-10-16-22/h2-16,19,24H,17-18H2,1H3. The average molecular weight is 348 g/mol. The van der Waals surface area contributed by atoms with E-state index in [4.69, 9.17) is 9.47 Å². The van der Waals surface area contributed by atoms with Crippen molar-refractivity contribution in [3.8, 4) is 0 Å². The monoisotopic (exact) mass is 348 g/mol. The molecule has 0 amide bonds. The minimum Gasteiger partial charge on any atom is -0.368 e. The summed E-state index contributed by atoms with van der Waals surface area (Å²) >= 11 is 0. The third kappa shape index (κ3) is 4.02. The largest absolute Gasteiger partial charge is 0.368 e. The molecule has 3 heteroatoms. The van der Waals surface area contributed by atoms with E-state index in [0.717, 1.165) is 16.7 Å². The van der Waals surface area contributed by atoms with E-state index < -0.39 is 11.9 Å². The molecule has 0 saturated carbocycles. The Kier molecular flexibility index (Phi) is 6.18. The van der Waals surface area contributed by atoms with Crippen LogP contribution in [0.2, 0.25) is 0 Å². The lowest BCUT2D eigenvalue weighted by molar-refractivity contribution is -0.112.